The summed E-state index contributed by atoms with van der Waals surface area (Å²) in [6.07, 6.45) is -0.181. The minimum Gasteiger partial charge on any atom is -0.480 e. The van der Waals surface area contributed by atoms with Crippen molar-refractivity contribution in [2.45, 2.75) is 31.9 Å². The van der Waals surface area contributed by atoms with Gasteiger partial charge in [-0.05, 0) is 19.4 Å². The lowest BCUT2D eigenvalue weighted by molar-refractivity contribution is -0.144. The minimum absolute atomic E-state index is 0.260. The predicted molar refractivity (Wildman–Crippen MR) is 65.9 cm³/mol. The average Bonchev–Trinajstić information content (AvgIpc) is 2.27. The highest BCUT2D eigenvalue weighted by atomic mass is 16.4. The van der Waals surface area contributed by atoms with Crippen LogP contribution in [-0.2, 0) is 11.2 Å². The van der Waals surface area contributed by atoms with Crippen molar-refractivity contribution in [2.24, 2.45) is 0 Å². The lowest BCUT2D eigenvalue weighted by Crippen LogP contribution is -2.53. The Labute approximate surface area is 101 Å². The second kappa shape index (κ2) is 5.80. The topological polar surface area (TPSA) is 69.6 Å². The third kappa shape index (κ3) is 4.17. The van der Waals surface area contributed by atoms with Crippen molar-refractivity contribution < 1.29 is 15.0 Å². The fraction of sp³-hybridized carbons (Fsp3) is 0.462. The molecule has 2 unspecified atom stereocenters. The lowest BCUT2D eigenvalue weighted by atomic mass is 9.92. The standard InChI is InChI=1S/C13H19NO3/c1-10(15)9-14-13(2,12(16)17)8-11-6-4-3-5-7-11/h3-7,10,14-15H,8-9H2,1-2H3,(H,16,17). The van der Waals surface area contributed by atoms with Gasteiger partial charge in [0.2, 0.25) is 0 Å². The Morgan fingerprint density at radius 3 is 2.47 bits per heavy atom. The molecular weight excluding hydrogens is 218 g/mol. The number of aliphatic hydroxyl groups is 1. The zero-order valence-electron chi connectivity index (χ0n) is 10.2. The smallest absolute Gasteiger partial charge is 0.323 e. The van der Waals surface area contributed by atoms with Gasteiger partial charge >= 0.3 is 5.97 Å². The first-order valence-corrected chi connectivity index (χ1v) is 5.64. The van der Waals surface area contributed by atoms with Gasteiger partial charge in [-0.2, -0.15) is 0 Å². The molecule has 0 amide bonds. The summed E-state index contributed by atoms with van der Waals surface area (Å²) in [4.78, 5) is 11.3. The molecule has 4 heteroatoms. The number of benzene rings is 1. The molecule has 0 aliphatic carbocycles. The van der Waals surface area contributed by atoms with E-state index in [-0.39, 0.29) is 6.54 Å². The van der Waals surface area contributed by atoms with Gasteiger partial charge < -0.3 is 10.2 Å². The molecular formula is C13H19NO3. The maximum absolute atomic E-state index is 11.3. The zero-order chi connectivity index (χ0) is 12.9. The molecule has 0 saturated carbocycles. The molecule has 4 nitrogen and oxygen atoms in total. The van der Waals surface area contributed by atoms with Gasteiger partial charge in [0.05, 0.1) is 6.10 Å². The lowest BCUT2D eigenvalue weighted by Gasteiger charge is -2.27. The van der Waals surface area contributed by atoms with E-state index in [0.717, 1.165) is 5.56 Å². The van der Waals surface area contributed by atoms with Crippen LogP contribution >= 0.6 is 0 Å². The van der Waals surface area contributed by atoms with E-state index in [1.54, 1.807) is 13.8 Å². The van der Waals surface area contributed by atoms with Gasteiger partial charge in [-0.3, -0.25) is 10.1 Å². The SMILES string of the molecule is CC(O)CNC(C)(Cc1ccccc1)C(=O)O. The molecule has 94 valence electrons. The number of hydrogen-bond acceptors (Lipinski definition) is 3. The number of aliphatic carboxylic acids is 1. The molecule has 0 aromatic heterocycles. The Bertz CT molecular complexity index is 364. The summed E-state index contributed by atoms with van der Waals surface area (Å²) in [5.74, 6) is -0.915. The summed E-state index contributed by atoms with van der Waals surface area (Å²) in [6, 6.07) is 9.44. The van der Waals surface area contributed by atoms with Crippen LogP contribution in [-0.4, -0.2) is 34.4 Å². The Balaban J connectivity index is 2.75. The van der Waals surface area contributed by atoms with Crippen LogP contribution in [0.4, 0.5) is 0 Å². The van der Waals surface area contributed by atoms with Crippen LogP contribution in [0, 0.1) is 0 Å². The van der Waals surface area contributed by atoms with Crippen LogP contribution in [0.2, 0.25) is 0 Å². The van der Waals surface area contributed by atoms with Crippen molar-refractivity contribution in [3.63, 3.8) is 0 Å². The van der Waals surface area contributed by atoms with E-state index < -0.39 is 17.6 Å². The van der Waals surface area contributed by atoms with Crippen molar-refractivity contribution in [1.29, 1.82) is 0 Å². The molecule has 1 aromatic carbocycles. The van der Waals surface area contributed by atoms with Gasteiger partial charge in [-0.15, -0.1) is 0 Å². The number of carboxylic acid groups (broad SMARTS) is 1. The largest absolute Gasteiger partial charge is 0.480 e. The fourth-order valence-electron chi connectivity index (χ4n) is 1.59. The number of aliphatic hydroxyl groups excluding tert-OH is 1. The number of nitrogens with one attached hydrogen (secondary N) is 1. The number of carboxylic acids is 1. The third-order valence-electron chi connectivity index (χ3n) is 2.66. The van der Waals surface area contributed by atoms with Gasteiger partial charge in [0.1, 0.15) is 5.54 Å². The van der Waals surface area contributed by atoms with E-state index in [4.69, 9.17) is 0 Å². The first kappa shape index (κ1) is 13.7. The number of rotatable bonds is 6. The molecule has 0 aliphatic rings. The Morgan fingerprint density at radius 2 is 2.00 bits per heavy atom. The third-order valence-corrected chi connectivity index (χ3v) is 2.66. The fourth-order valence-corrected chi connectivity index (χ4v) is 1.59. The molecule has 0 saturated heterocycles. The molecule has 2 atom stereocenters. The van der Waals surface area contributed by atoms with E-state index in [1.165, 1.54) is 0 Å². The van der Waals surface area contributed by atoms with E-state index in [0.29, 0.717) is 6.42 Å². The molecule has 0 fully saturated rings. The first-order chi connectivity index (χ1) is 7.94. The molecule has 17 heavy (non-hydrogen) atoms. The van der Waals surface area contributed by atoms with Gasteiger partial charge in [0.15, 0.2) is 0 Å². The Kier molecular flexibility index (Phi) is 4.66. The molecule has 1 rings (SSSR count). The summed E-state index contributed by atoms with van der Waals surface area (Å²) in [6.45, 7) is 3.51. The van der Waals surface area contributed by atoms with Crippen LogP contribution in [0.5, 0.6) is 0 Å². The minimum atomic E-state index is -1.06. The van der Waals surface area contributed by atoms with Gasteiger partial charge in [-0.1, -0.05) is 30.3 Å². The number of hydrogen-bond donors (Lipinski definition) is 3. The van der Waals surface area contributed by atoms with Crippen LogP contribution in [0.1, 0.15) is 19.4 Å². The van der Waals surface area contributed by atoms with E-state index >= 15 is 0 Å². The van der Waals surface area contributed by atoms with Crippen molar-refractivity contribution >= 4 is 5.97 Å². The highest BCUT2D eigenvalue weighted by molar-refractivity contribution is 5.78. The second-order valence-corrected chi connectivity index (χ2v) is 4.53. The van der Waals surface area contributed by atoms with Crippen molar-refractivity contribution in [3.05, 3.63) is 35.9 Å². The summed E-state index contributed by atoms with van der Waals surface area (Å²) in [5.41, 5.74) is -0.103. The van der Waals surface area contributed by atoms with Crippen molar-refractivity contribution in [2.75, 3.05) is 6.54 Å². The van der Waals surface area contributed by atoms with Crippen LogP contribution in [0.3, 0.4) is 0 Å². The van der Waals surface area contributed by atoms with Crippen LogP contribution < -0.4 is 5.32 Å². The Hall–Kier alpha value is -1.39. The highest BCUT2D eigenvalue weighted by Gasteiger charge is 2.32. The van der Waals surface area contributed by atoms with Crippen LogP contribution in [0.15, 0.2) is 30.3 Å². The predicted octanol–water partition coefficient (Wildman–Crippen LogP) is 1.04. The zero-order valence-corrected chi connectivity index (χ0v) is 10.2. The van der Waals surface area contributed by atoms with Gasteiger partial charge in [0, 0.05) is 13.0 Å². The average molecular weight is 237 g/mol. The molecule has 0 aliphatic heterocycles. The van der Waals surface area contributed by atoms with E-state index in [1.807, 2.05) is 30.3 Å². The van der Waals surface area contributed by atoms with E-state index in [2.05, 4.69) is 5.32 Å². The molecule has 0 bridgehead atoms. The molecule has 0 heterocycles. The molecule has 3 N–H and O–H groups in total. The number of carbonyl (C=O) groups is 1. The summed E-state index contributed by atoms with van der Waals surface area (Å²) < 4.78 is 0. The molecule has 0 radical (unpaired) electrons. The molecule has 1 aromatic rings. The maximum Gasteiger partial charge on any atom is 0.323 e. The quantitative estimate of drug-likeness (QED) is 0.691. The van der Waals surface area contributed by atoms with Crippen LogP contribution in [0.25, 0.3) is 0 Å². The van der Waals surface area contributed by atoms with Crippen molar-refractivity contribution in [3.8, 4) is 0 Å². The second-order valence-electron chi connectivity index (χ2n) is 4.53. The first-order valence-electron chi connectivity index (χ1n) is 5.64. The summed E-state index contributed by atoms with van der Waals surface area (Å²) in [5, 5.41) is 21.4. The summed E-state index contributed by atoms with van der Waals surface area (Å²) >= 11 is 0. The van der Waals surface area contributed by atoms with E-state index in [9.17, 15) is 15.0 Å². The van der Waals surface area contributed by atoms with Gasteiger partial charge in [-0.25, -0.2) is 0 Å². The molecule has 0 spiro atoms. The normalized spacial score (nSPS) is 16.2. The summed E-state index contributed by atoms with van der Waals surface area (Å²) in [7, 11) is 0. The number of β-amino-alcohol motifs (C(OH)–C–C–N with tert-alkyl or cyclic N) is 1. The van der Waals surface area contributed by atoms with Gasteiger partial charge in [0.25, 0.3) is 0 Å². The monoisotopic (exact) mass is 237 g/mol. The Morgan fingerprint density at radius 1 is 1.41 bits per heavy atom. The maximum atomic E-state index is 11.3. The highest BCUT2D eigenvalue weighted by Crippen LogP contribution is 2.13. The van der Waals surface area contributed by atoms with Crippen molar-refractivity contribution in [1.82, 2.24) is 5.32 Å².